The van der Waals surface area contributed by atoms with E-state index in [0.29, 0.717) is 0 Å². The van der Waals surface area contributed by atoms with Gasteiger partial charge >= 0.3 is 0 Å². The van der Waals surface area contributed by atoms with Gasteiger partial charge in [-0.3, -0.25) is 4.98 Å². The summed E-state index contributed by atoms with van der Waals surface area (Å²) in [4.78, 5) is 10.3. The predicted octanol–water partition coefficient (Wildman–Crippen LogP) is 1.22. The van der Waals surface area contributed by atoms with Crippen LogP contribution in [0, 0.1) is 0 Å². The van der Waals surface area contributed by atoms with Crippen molar-refractivity contribution in [1.29, 1.82) is 0 Å². The second kappa shape index (κ2) is 4.57. The summed E-state index contributed by atoms with van der Waals surface area (Å²) >= 11 is 0. The van der Waals surface area contributed by atoms with Crippen molar-refractivity contribution in [3.8, 4) is 0 Å². The van der Waals surface area contributed by atoms with Gasteiger partial charge in [-0.2, -0.15) is 0 Å². The van der Waals surface area contributed by atoms with Crippen LogP contribution in [-0.2, 0) is 0 Å². The molecule has 0 saturated heterocycles. The van der Waals surface area contributed by atoms with Gasteiger partial charge in [0.1, 0.15) is 5.82 Å². The number of anilines is 1. The van der Waals surface area contributed by atoms with E-state index in [4.69, 9.17) is 0 Å². The maximum absolute atomic E-state index is 9.91. The van der Waals surface area contributed by atoms with Gasteiger partial charge in [0.25, 0.3) is 0 Å². The van der Waals surface area contributed by atoms with Crippen molar-refractivity contribution in [2.24, 2.45) is 0 Å². The summed E-state index contributed by atoms with van der Waals surface area (Å²) in [5.74, 6) is 0.837. The van der Waals surface area contributed by atoms with Gasteiger partial charge in [-0.15, -0.1) is 0 Å². The molecule has 1 aliphatic rings. The number of aromatic nitrogens is 2. The van der Waals surface area contributed by atoms with E-state index >= 15 is 0 Å². The Kier molecular flexibility index (Phi) is 3.16. The van der Waals surface area contributed by atoms with E-state index in [1.807, 2.05) is 11.9 Å². The SMILES string of the molecule is CN(c1cnccn1)C1CCCCC1O. The topological polar surface area (TPSA) is 49.2 Å². The monoisotopic (exact) mass is 207 g/mol. The van der Waals surface area contributed by atoms with Crippen molar-refractivity contribution in [3.63, 3.8) is 0 Å². The number of nitrogens with zero attached hydrogens (tertiary/aromatic N) is 3. The maximum Gasteiger partial charge on any atom is 0.147 e. The van der Waals surface area contributed by atoms with Crippen LogP contribution in [0.15, 0.2) is 18.6 Å². The van der Waals surface area contributed by atoms with Gasteiger partial charge in [-0.25, -0.2) is 4.98 Å². The molecule has 0 aromatic carbocycles. The van der Waals surface area contributed by atoms with Crippen LogP contribution in [0.25, 0.3) is 0 Å². The zero-order valence-electron chi connectivity index (χ0n) is 9.00. The van der Waals surface area contributed by atoms with Crippen LogP contribution in [0.1, 0.15) is 25.7 Å². The van der Waals surface area contributed by atoms with Crippen molar-refractivity contribution in [3.05, 3.63) is 18.6 Å². The molecule has 1 aromatic heterocycles. The number of hydrogen-bond acceptors (Lipinski definition) is 4. The third-order valence-electron chi connectivity index (χ3n) is 3.10. The van der Waals surface area contributed by atoms with Crippen LogP contribution in [0.5, 0.6) is 0 Å². The average Bonchev–Trinajstić information content (AvgIpc) is 2.30. The summed E-state index contributed by atoms with van der Waals surface area (Å²) in [5.41, 5.74) is 0. The minimum absolute atomic E-state index is 0.190. The Balaban J connectivity index is 2.09. The fourth-order valence-corrected chi connectivity index (χ4v) is 2.19. The predicted molar refractivity (Wildman–Crippen MR) is 58.7 cm³/mol. The highest BCUT2D eigenvalue weighted by Crippen LogP contribution is 2.24. The van der Waals surface area contributed by atoms with Gasteiger partial charge in [0.2, 0.25) is 0 Å². The molecule has 1 fully saturated rings. The summed E-state index contributed by atoms with van der Waals surface area (Å²) < 4.78 is 0. The van der Waals surface area contributed by atoms with E-state index in [2.05, 4.69) is 9.97 Å². The minimum Gasteiger partial charge on any atom is -0.391 e. The summed E-state index contributed by atoms with van der Waals surface area (Å²) in [6, 6.07) is 0.190. The molecular weight excluding hydrogens is 190 g/mol. The Bertz CT molecular complexity index is 304. The van der Waals surface area contributed by atoms with Crippen LogP contribution < -0.4 is 4.90 Å². The lowest BCUT2D eigenvalue weighted by Gasteiger charge is -2.35. The van der Waals surface area contributed by atoms with E-state index in [9.17, 15) is 5.11 Å². The Labute approximate surface area is 90.0 Å². The lowest BCUT2D eigenvalue weighted by atomic mass is 9.92. The molecule has 1 saturated carbocycles. The molecule has 0 radical (unpaired) electrons. The van der Waals surface area contributed by atoms with Crippen LogP contribution >= 0.6 is 0 Å². The molecule has 0 bridgehead atoms. The number of likely N-dealkylation sites (N-methyl/N-ethyl adjacent to an activating group) is 1. The molecule has 0 aliphatic heterocycles. The minimum atomic E-state index is -0.231. The Morgan fingerprint density at radius 1 is 1.33 bits per heavy atom. The van der Waals surface area contributed by atoms with Gasteiger partial charge in [0, 0.05) is 19.4 Å². The normalized spacial score (nSPS) is 26.3. The number of aliphatic hydroxyl groups excluding tert-OH is 1. The van der Waals surface area contributed by atoms with Crippen molar-refractivity contribution >= 4 is 5.82 Å². The zero-order chi connectivity index (χ0) is 10.7. The van der Waals surface area contributed by atoms with Gasteiger partial charge in [-0.05, 0) is 12.8 Å². The molecule has 15 heavy (non-hydrogen) atoms. The fourth-order valence-electron chi connectivity index (χ4n) is 2.19. The first-order valence-electron chi connectivity index (χ1n) is 5.46. The highest BCUT2D eigenvalue weighted by atomic mass is 16.3. The molecule has 2 rings (SSSR count). The first kappa shape index (κ1) is 10.4. The smallest absolute Gasteiger partial charge is 0.147 e. The van der Waals surface area contributed by atoms with Crippen molar-refractivity contribution < 1.29 is 5.11 Å². The molecular formula is C11H17N3O. The quantitative estimate of drug-likeness (QED) is 0.792. The summed E-state index contributed by atoms with van der Waals surface area (Å²) in [7, 11) is 1.98. The summed E-state index contributed by atoms with van der Waals surface area (Å²) in [6.07, 6.45) is 9.10. The largest absolute Gasteiger partial charge is 0.391 e. The Hall–Kier alpha value is -1.16. The van der Waals surface area contributed by atoms with Crippen LogP contribution in [0.2, 0.25) is 0 Å². The molecule has 4 nitrogen and oxygen atoms in total. The molecule has 82 valence electrons. The first-order valence-corrected chi connectivity index (χ1v) is 5.46. The number of aliphatic hydroxyl groups is 1. The second-order valence-electron chi connectivity index (χ2n) is 4.09. The maximum atomic E-state index is 9.91. The van der Waals surface area contributed by atoms with Crippen molar-refractivity contribution in [2.75, 3.05) is 11.9 Å². The van der Waals surface area contributed by atoms with Crippen molar-refractivity contribution in [2.45, 2.75) is 37.8 Å². The Morgan fingerprint density at radius 2 is 2.13 bits per heavy atom. The van der Waals surface area contributed by atoms with Crippen LogP contribution in [0.3, 0.4) is 0 Å². The third-order valence-corrected chi connectivity index (χ3v) is 3.10. The third kappa shape index (κ3) is 2.26. The second-order valence-corrected chi connectivity index (χ2v) is 4.09. The summed E-state index contributed by atoms with van der Waals surface area (Å²) in [6.45, 7) is 0. The molecule has 1 aliphatic carbocycles. The fraction of sp³-hybridized carbons (Fsp3) is 0.636. The molecule has 2 unspecified atom stereocenters. The highest BCUT2D eigenvalue weighted by molar-refractivity contribution is 5.35. The van der Waals surface area contributed by atoms with E-state index in [0.717, 1.165) is 25.1 Å². The lowest BCUT2D eigenvalue weighted by molar-refractivity contribution is 0.106. The molecule has 0 spiro atoms. The summed E-state index contributed by atoms with van der Waals surface area (Å²) in [5, 5.41) is 9.91. The lowest BCUT2D eigenvalue weighted by Crippen LogP contribution is -2.43. The first-order chi connectivity index (χ1) is 7.29. The van der Waals surface area contributed by atoms with E-state index in [1.54, 1.807) is 18.6 Å². The van der Waals surface area contributed by atoms with Crippen molar-refractivity contribution in [1.82, 2.24) is 9.97 Å². The van der Waals surface area contributed by atoms with Crippen LogP contribution in [-0.4, -0.2) is 34.3 Å². The standard InChI is InChI=1S/C11H17N3O/c1-14(11-8-12-6-7-13-11)9-4-2-3-5-10(9)15/h6-10,15H,2-5H2,1H3. The molecule has 0 amide bonds. The molecule has 2 atom stereocenters. The average molecular weight is 207 g/mol. The van der Waals surface area contributed by atoms with Gasteiger partial charge in [0.05, 0.1) is 18.3 Å². The van der Waals surface area contributed by atoms with Crippen LogP contribution in [0.4, 0.5) is 5.82 Å². The Morgan fingerprint density at radius 3 is 2.80 bits per heavy atom. The van der Waals surface area contributed by atoms with Gasteiger partial charge < -0.3 is 10.0 Å². The van der Waals surface area contributed by atoms with Gasteiger partial charge in [-0.1, -0.05) is 12.8 Å². The number of rotatable bonds is 2. The molecule has 1 N–H and O–H groups in total. The van der Waals surface area contributed by atoms with E-state index < -0.39 is 0 Å². The molecule has 4 heteroatoms. The number of hydrogen-bond donors (Lipinski definition) is 1. The zero-order valence-corrected chi connectivity index (χ0v) is 9.00. The van der Waals surface area contributed by atoms with E-state index in [-0.39, 0.29) is 12.1 Å². The van der Waals surface area contributed by atoms with E-state index in [1.165, 1.54) is 6.42 Å². The molecule has 1 aromatic rings. The van der Waals surface area contributed by atoms with Gasteiger partial charge in [0.15, 0.2) is 0 Å². The highest BCUT2D eigenvalue weighted by Gasteiger charge is 2.27. The molecule has 1 heterocycles.